The van der Waals surface area contributed by atoms with E-state index in [0.717, 1.165) is 5.75 Å². The Morgan fingerprint density at radius 3 is 2.45 bits per heavy atom. The smallest absolute Gasteiger partial charge is 0.260 e. The molecule has 0 aliphatic rings. The van der Waals surface area contributed by atoms with E-state index >= 15 is 0 Å². The molecule has 2 aromatic rings. The summed E-state index contributed by atoms with van der Waals surface area (Å²) in [5.74, 6) is 1.20. The van der Waals surface area contributed by atoms with Gasteiger partial charge in [0.05, 0.1) is 6.54 Å². The van der Waals surface area contributed by atoms with Crippen molar-refractivity contribution in [2.24, 2.45) is 0 Å². The van der Waals surface area contributed by atoms with E-state index < -0.39 is 6.10 Å². The zero-order valence-corrected chi connectivity index (χ0v) is 13.0. The lowest BCUT2D eigenvalue weighted by Gasteiger charge is -2.15. The number of rotatable bonds is 7. The van der Waals surface area contributed by atoms with Crippen molar-refractivity contribution in [1.82, 2.24) is 5.32 Å². The standard InChI is InChI=1S/C17H18ClNO3/c1-13(22-16-9-7-14(18)8-10-16)17(20)19-11-12-21-15-5-3-2-4-6-15/h2-10,13H,11-12H2,1H3,(H,19,20)/t13-/m0/s1. The third kappa shape index (κ3) is 5.30. The van der Waals surface area contributed by atoms with E-state index in [4.69, 9.17) is 21.1 Å². The minimum absolute atomic E-state index is 0.188. The molecule has 0 saturated heterocycles. The van der Waals surface area contributed by atoms with Crippen LogP contribution in [0.5, 0.6) is 11.5 Å². The quantitative estimate of drug-likeness (QED) is 0.797. The zero-order valence-electron chi connectivity index (χ0n) is 12.3. The van der Waals surface area contributed by atoms with Crippen molar-refractivity contribution in [1.29, 1.82) is 0 Å². The predicted octanol–water partition coefficient (Wildman–Crippen LogP) is 3.30. The zero-order chi connectivity index (χ0) is 15.8. The second-order valence-corrected chi connectivity index (χ2v) is 5.10. The van der Waals surface area contributed by atoms with Crippen molar-refractivity contribution >= 4 is 17.5 Å². The predicted molar refractivity (Wildman–Crippen MR) is 86.5 cm³/mol. The summed E-state index contributed by atoms with van der Waals surface area (Å²) < 4.78 is 11.0. The Morgan fingerprint density at radius 1 is 1.09 bits per heavy atom. The van der Waals surface area contributed by atoms with Gasteiger partial charge in [-0.25, -0.2) is 0 Å². The molecule has 0 spiro atoms. The Balaban J connectivity index is 1.69. The summed E-state index contributed by atoms with van der Waals surface area (Å²) in [4.78, 5) is 11.9. The highest BCUT2D eigenvalue weighted by Gasteiger charge is 2.13. The topological polar surface area (TPSA) is 47.6 Å². The molecular weight excluding hydrogens is 302 g/mol. The fourth-order valence-electron chi connectivity index (χ4n) is 1.77. The Bertz CT molecular complexity index is 587. The number of hydrogen-bond donors (Lipinski definition) is 1. The van der Waals surface area contributed by atoms with E-state index in [1.807, 2.05) is 30.3 Å². The number of hydrogen-bond acceptors (Lipinski definition) is 3. The monoisotopic (exact) mass is 319 g/mol. The molecule has 0 aliphatic heterocycles. The molecule has 116 valence electrons. The minimum Gasteiger partial charge on any atom is -0.492 e. The highest BCUT2D eigenvalue weighted by atomic mass is 35.5. The van der Waals surface area contributed by atoms with E-state index in [-0.39, 0.29) is 5.91 Å². The van der Waals surface area contributed by atoms with Crippen LogP contribution in [0.25, 0.3) is 0 Å². The largest absolute Gasteiger partial charge is 0.492 e. The van der Waals surface area contributed by atoms with Crippen molar-refractivity contribution in [2.75, 3.05) is 13.2 Å². The average molecular weight is 320 g/mol. The van der Waals surface area contributed by atoms with Crippen LogP contribution < -0.4 is 14.8 Å². The van der Waals surface area contributed by atoms with Crippen molar-refractivity contribution in [3.63, 3.8) is 0 Å². The van der Waals surface area contributed by atoms with E-state index in [1.54, 1.807) is 31.2 Å². The average Bonchev–Trinajstić information content (AvgIpc) is 2.54. The van der Waals surface area contributed by atoms with Gasteiger partial charge in [0, 0.05) is 5.02 Å². The van der Waals surface area contributed by atoms with Gasteiger partial charge in [0.15, 0.2) is 6.10 Å². The van der Waals surface area contributed by atoms with Crippen LogP contribution in [0.3, 0.4) is 0 Å². The Kier molecular flexibility index (Phi) is 6.10. The number of nitrogens with one attached hydrogen (secondary N) is 1. The maximum Gasteiger partial charge on any atom is 0.260 e. The summed E-state index contributed by atoms with van der Waals surface area (Å²) >= 11 is 5.80. The molecule has 2 rings (SSSR count). The van der Waals surface area contributed by atoms with Crippen molar-refractivity contribution < 1.29 is 14.3 Å². The summed E-state index contributed by atoms with van der Waals surface area (Å²) in [6.07, 6.45) is -0.585. The summed E-state index contributed by atoms with van der Waals surface area (Å²) in [6.45, 7) is 2.52. The number of benzene rings is 2. The summed E-state index contributed by atoms with van der Waals surface area (Å²) in [6, 6.07) is 16.3. The molecule has 1 N–H and O–H groups in total. The highest BCUT2D eigenvalue weighted by Crippen LogP contribution is 2.16. The molecule has 0 bridgehead atoms. The van der Waals surface area contributed by atoms with Gasteiger partial charge in [0.1, 0.15) is 18.1 Å². The van der Waals surface area contributed by atoms with E-state index in [0.29, 0.717) is 23.9 Å². The van der Waals surface area contributed by atoms with Crippen LogP contribution in [0.15, 0.2) is 54.6 Å². The van der Waals surface area contributed by atoms with Crippen LogP contribution >= 0.6 is 11.6 Å². The molecule has 5 heteroatoms. The van der Waals surface area contributed by atoms with Crippen molar-refractivity contribution in [2.45, 2.75) is 13.0 Å². The molecular formula is C17H18ClNO3. The molecule has 0 aromatic heterocycles. The van der Waals surface area contributed by atoms with Crippen LogP contribution in [0, 0.1) is 0 Å². The number of carbonyl (C=O) groups excluding carboxylic acids is 1. The van der Waals surface area contributed by atoms with Gasteiger partial charge in [-0.2, -0.15) is 0 Å². The summed E-state index contributed by atoms with van der Waals surface area (Å²) in [5, 5.41) is 3.40. The maximum absolute atomic E-state index is 11.9. The number of amides is 1. The van der Waals surface area contributed by atoms with Gasteiger partial charge >= 0.3 is 0 Å². The van der Waals surface area contributed by atoms with E-state index in [9.17, 15) is 4.79 Å². The highest BCUT2D eigenvalue weighted by molar-refractivity contribution is 6.30. The maximum atomic E-state index is 11.9. The number of carbonyl (C=O) groups is 1. The van der Waals surface area contributed by atoms with Crippen LogP contribution in [0.1, 0.15) is 6.92 Å². The fraction of sp³-hybridized carbons (Fsp3) is 0.235. The molecule has 0 heterocycles. The normalized spacial score (nSPS) is 11.5. The van der Waals surface area contributed by atoms with Gasteiger partial charge in [-0.05, 0) is 43.3 Å². The molecule has 0 unspecified atom stereocenters. The van der Waals surface area contributed by atoms with Crippen molar-refractivity contribution in [3.8, 4) is 11.5 Å². The first-order valence-electron chi connectivity index (χ1n) is 7.03. The molecule has 2 aromatic carbocycles. The third-order valence-corrected chi connectivity index (χ3v) is 3.16. The van der Waals surface area contributed by atoms with Gasteiger partial charge in [-0.1, -0.05) is 29.8 Å². The number of halogens is 1. The van der Waals surface area contributed by atoms with Gasteiger partial charge in [-0.3, -0.25) is 4.79 Å². The number of ether oxygens (including phenoxy) is 2. The Hall–Kier alpha value is -2.20. The van der Waals surface area contributed by atoms with Crippen LogP contribution in [0.2, 0.25) is 5.02 Å². The second kappa shape index (κ2) is 8.29. The molecule has 0 radical (unpaired) electrons. The SMILES string of the molecule is C[C@H](Oc1ccc(Cl)cc1)C(=O)NCCOc1ccccc1. The molecule has 0 aliphatic carbocycles. The lowest BCUT2D eigenvalue weighted by molar-refractivity contribution is -0.127. The van der Waals surface area contributed by atoms with Gasteiger partial charge < -0.3 is 14.8 Å². The Morgan fingerprint density at radius 2 is 1.77 bits per heavy atom. The van der Waals surface area contributed by atoms with E-state index in [1.165, 1.54) is 0 Å². The first-order chi connectivity index (χ1) is 10.6. The molecule has 1 amide bonds. The van der Waals surface area contributed by atoms with Crippen LogP contribution in [-0.4, -0.2) is 25.2 Å². The van der Waals surface area contributed by atoms with Gasteiger partial charge in [-0.15, -0.1) is 0 Å². The fourth-order valence-corrected chi connectivity index (χ4v) is 1.90. The molecule has 0 fully saturated rings. The molecule has 0 saturated carbocycles. The van der Waals surface area contributed by atoms with Crippen LogP contribution in [-0.2, 0) is 4.79 Å². The summed E-state index contributed by atoms with van der Waals surface area (Å²) in [7, 11) is 0. The molecule has 4 nitrogen and oxygen atoms in total. The van der Waals surface area contributed by atoms with Crippen molar-refractivity contribution in [3.05, 3.63) is 59.6 Å². The Labute approximate surface area is 135 Å². The van der Waals surface area contributed by atoms with Crippen LogP contribution in [0.4, 0.5) is 0 Å². The van der Waals surface area contributed by atoms with Gasteiger partial charge in [0.25, 0.3) is 5.91 Å². The summed E-state index contributed by atoms with van der Waals surface area (Å²) in [5.41, 5.74) is 0. The first-order valence-corrected chi connectivity index (χ1v) is 7.41. The third-order valence-electron chi connectivity index (χ3n) is 2.91. The molecule has 1 atom stereocenters. The lowest BCUT2D eigenvalue weighted by atomic mass is 10.3. The first kappa shape index (κ1) is 16.2. The second-order valence-electron chi connectivity index (χ2n) is 4.67. The minimum atomic E-state index is -0.585. The lowest BCUT2D eigenvalue weighted by Crippen LogP contribution is -2.38. The van der Waals surface area contributed by atoms with E-state index in [2.05, 4.69) is 5.32 Å². The molecule has 22 heavy (non-hydrogen) atoms. The number of para-hydroxylation sites is 1. The van der Waals surface area contributed by atoms with Gasteiger partial charge in [0.2, 0.25) is 0 Å².